The molecule has 0 bridgehead atoms. The number of anilines is 1. The number of rotatable bonds is 5. The van der Waals surface area contributed by atoms with E-state index in [1.54, 1.807) is 30.0 Å². The van der Waals surface area contributed by atoms with Crippen LogP contribution >= 0.6 is 11.6 Å². The predicted octanol–water partition coefficient (Wildman–Crippen LogP) is 4.43. The van der Waals surface area contributed by atoms with Crippen molar-refractivity contribution in [1.29, 1.82) is 0 Å². The molecule has 0 N–H and O–H groups in total. The van der Waals surface area contributed by atoms with Crippen molar-refractivity contribution in [3.8, 4) is 11.5 Å². The Kier molecular flexibility index (Phi) is 5.31. The second-order valence-electron chi connectivity index (χ2n) is 6.67. The van der Waals surface area contributed by atoms with Gasteiger partial charge in [-0.1, -0.05) is 29.8 Å². The highest BCUT2D eigenvalue weighted by Crippen LogP contribution is 2.31. The van der Waals surface area contributed by atoms with E-state index >= 15 is 0 Å². The van der Waals surface area contributed by atoms with Crippen LogP contribution in [0.15, 0.2) is 52.9 Å². The number of hydrogen-bond acceptors (Lipinski definition) is 6. The zero-order valence-electron chi connectivity index (χ0n) is 15.7. The minimum absolute atomic E-state index is 0.00918. The molecule has 0 saturated carbocycles. The number of halogens is 1. The summed E-state index contributed by atoms with van der Waals surface area (Å²) in [6.45, 7) is 2.23. The van der Waals surface area contributed by atoms with E-state index < -0.39 is 12.1 Å². The van der Waals surface area contributed by atoms with Crippen molar-refractivity contribution in [1.82, 2.24) is 10.2 Å². The van der Waals surface area contributed by atoms with Crippen LogP contribution < -0.4 is 4.90 Å². The first-order chi connectivity index (χ1) is 14.0. The van der Waals surface area contributed by atoms with Crippen LogP contribution in [0.25, 0.3) is 11.5 Å². The average molecular weight is 412 g/mol. The zero-order chi connectivity index (χ0) is 20.4. The quantitative estimate of drug-likeness (QED) is 0.577. The lowest BCUT2D eigenvalue weighted by Crippen LogP contribution is -2.24. The van der Waals surface area contributed by atoms with Crippen LogP contribution in [0.4, 0.5) is 5.69 Å². The van der Waals surface area contributed by atoms with E-state index in [2.05, 4.69) is 10.2 Å². The molecule has 3 aromatic rings. The maximum atomic E-state index is 12.6. The molecule has 8 heteroatoms. The number of amides is 1. The minimum atomic E-state index is -0.736. The van der Waals surface area contributed by atoms with E-state index in [0.29, 0.717) is 35.1 Å². The first kappa shape index (κ1) is 19.1. The van der Waals surface area contributed by atoms with Gasteiger partial charge in [-0.2, -0.15) is 0 Å². The standard InChI is InChI=1S/C21H18ClN3O4/c1-13(19-23-24-20(29-19)14-6-3-2-4-7-14)28-21(27)15-9-10-16(22)17(12-15)25-11-5-8-18(25)26/h2-4,6-7,9-10,12-13H,5,8,11H2,1H3/t13-/m0/s1. The monoisotopic (exact) mass is 411 g/mol. The topological polar surface area (TPSA) is 85.5 Å². The molecule has 0 spiro atoms. The van der Waals surface area contributed by atoms with Gasteiger partial charge in [0.2, 0.25) is 11.8 Å². The molecule has 1 aliphatic heterocycles. The van der Waals surface area contributed by atoms with Crippen molar-refractivity contribution in [3.05, 3.63) is 65.0 Å². The highest BCUT2D eigenvalue weighted by atomic mass is 35.5. The van der Waals surface area contributed by atoms with E-state index in [1.165, 1.54) is 0 Å². The van der Waals surface area contributed by atoms with Crippen LogP contribution in [0.5, 0.6) is 0 Å². The molecular formula is C21H18ClN3O4. The van der Waals surface area contributed by atoms with Gasteiger partial charge in [0.05, 0.1) is 16.3 Å². The van der Waals surface area contributed by atoms with Gasteiger partial charge in [0, 0.05) is 18.5 Å². The van der Waals surface area contributed by atoms with Gasteiger partial charge < -0.3 is 14.1 Å². The Labute approximate surface area is 172 Å². The Balaban J connectivity index is 1.49. The van der Waals surface area contributed by atoms with Crippen LogP contribution in [0, 0.1) is 0 Å². The minimum Gasteiger partial charge on any atom is -0.449 e. The normalized spacial score (nSPS) is 14.8. The second kappa shape index (κ2) is 8.05. The molecule has 2 heterocycles. The molecule has 7 nitrogen and oxygen atoms in total. The van der Waals surface area contributed by atoms with Crippen LogP contribution in [0.1, 0.15) is 42.1 Å². The van der Waals surface area contributed by atoms with Gasteiger partial charge in [-0.25, -0.2) is 4.79 Å². The molecule has 2 aromatic carbocycles. The van der Waals surface area contributed by atoms with Crippen molar-refractivity contribution in [2.24, 2.45) is 0 Å². The van der Waals surface area contributed by atoms with Gasteiger partial charge >= 0.3 is 5.97 Å². The Morgan fingerprint density at radius 3 is 2.72 bits per heavy atom. The Bertz CT molecular complexity index is 1050. The second-order valence-corrected chi connectivity index (χ2v) is 7.08. The number of benzene rings is 2. The highest BCUT2D eigenvalue weighted by molar-refractivity contribution is 6.34. The molecule has 0 aliphatic carbocycles. The van der Waals surface area contributed by atoms with Crippen LogP contribution in [0.3, 0.4) is 0 Å². The number of hydrogen-bond donors (Lipinski definition) is 0. The summed E-state index contributed by atoms with van der Waals surface area (Å²) in [5.74, 6) is -0.0301. The maximum Gasteiger partial charge on any atom is 0.338 e. The molecule has 148 valence electrons. The smallest absolute Gasteiger partial charge is 0.338 e. The summed E-state index contributed by atoms with van der Waals surface area (Å²) in [7, 11) is 0. The Morgan fingerprint density at radius 1 is 1.21 bits per heavy atom. The number of esters is 1. The fourth-order valence-electron chi connectivity index (χ4n) is 3.12. The summed E-state index contributed by atoms with van der Waals surface area (Å²) in [6, 6.07) is 14.0. The van der Waals surface area contributed by atoms with E-state index in [4.69, 9.17) is 20.8 Å². The predicted molar refractivity (Wildman–Crippen MR) is 107 cm³/mol. The number of ether oxygens (including phenoxy) is 1. The fraction of sp³-hybridized carbons (Fsp3) is 0.238. The molecule has 0 radical (unpaired) electrons. The molecule has 4 rings (SSSR count). The molecular weight excluding hydrogens is 394 g/mol. The van der Waals surface area contributed by atoms with Crippen molar-refractivity contribution in [2.75, 3.05) is 11.4 Å². The first-order valence-corrected chi connectivity index (χ1v) is 9.60. The van der Waals surface area contributed by atoms with E-state index in [-0.39, 0.29) is 11.8 Å². The average Bonchev–Trinajstić information content (AvgIpc) is 3.38. The summed E-state index contributed by atoms with van der Waals surface area (Å²) in [5, 5.41) is 8.39. The molecule has 1 fully saturated rings. The lowest BCUT2D eigenvalue weighted by atomic mass is 10.2. The lowest BCUT2D eigenvalue weighted by molar-refractivity contribution is -0.117. The van der Waals surface area contributed by atoms with E-state index in [1.807, 2.05) is 30.3 Å². The number of aromatic nitrogens is 2. The van der Waals surface area contributed by atoms with Crippen LogP contribution in [-0.4, -0.2) is 28.6 Å². The van der Waals surface area contributed by atoms with E-state index in [9.17, 15) is 9.59 Å². The SMILES string of the molecule is C[C@H](OC(=O)c1ccc(Cl)c(N2CCCC2=O)c1)c1nnc(-c2ccccc2)o1. The zero-order valence-corrected chi connectivity index (χ0v) is 16.4. The first-order valence-electron chi connectivity index (χ1n) is 9.22. The third-order valence-electron chi connectivity index (χ3n) is 4.64. The summed E-state index contributed by atoms with van der Waals surface area (Å²) in [5.41, 5.74) is 1.58. The molecule has 1 amide bonds. The van der Waals surface area contributed by atoms with Crippen molar-refractivity contribution in [3.63, 3.8) is 0 Å². The molecule has 1 aliphatic rings. The van der Waals surface area contributed by atoms with Gasteiger partial charge in [0.15, 0.2) is 6.10 Å². The molecule has 0 unspecified atom stereocenters. The maximum absolute atomic E-state index is 12.6. The van der Waals surface area contributed by atoms with Crippen LogP contribution in [0.2, 0.25) is 5.02 Å². The van der Waals surface area contributed by atoms with Crippen LogP contribution in [-0.2, 0) is 9.53 Å². The van der Waals surface area contributed by atoms with E-state index in [0.717, 1.165) is 12.0 Å². The van der Waals surface area contributed by atoms with Gasteiger partial charge in [0.1, 0.15) is 0 Å². The number of carbonyl (C=O) groups excluding carboxylic acids is 2. The molecule has 29 heavy (non-hydrogen) atoms. The van der Waals surface area contributed by atoms with Crippen molar-refractivity contribution in [2.45, 2.75) is 25.9 Å². The Hall–Kier alpha value is -3.19. The fourth-order valence-corrected chi connectivity index (χ4v) is 3.34. The number of carbonyl (C=O) groups is 2. The number of nitrogens with zero attached hydrogens (tertiary/aromatic N) is 3. The van der Waals surface area contributed by atoms with Crippen molar-refractivity contribution < 1.29 is 18.7 Å². The Morgan fingerprint density at radius 2 is 2.00 bits per heavy atom. The van der Waals surface area contributed by atoms with Gasteiger partial charge in [0.25, 0.3) is 5.89 Å². The summed E-state index contributed by atoms with van der Waals surface area (Å²) < 4.78 is 11.1. The summed E-state index contributed by atoms with van der Waals surface area (Å²) in [4.78, 5) is 26.2. The van der Waals surface area contributed by atoms with Gasteiger partial charge in [-0.05, 0) is 43.7 Å². The van der Waals surface area contributed by atoms with Gasteiger partial charge in [-0.15, -0.1) is 10.2 Å². The molecule has 1 saturated heterocycles. The lowest BCUT2D eigenvalue weighted by Gasteiger charge is -2.18. The summed E-state index contributed by atoms with van der Waals surface area (Å²) >= 11 is 6.23. The third kappa shape index (κ3) is 4.00. The van der Waals surface area contributed by atoms with Crippen molar-refractivity contribution >= 4 is 29.2 Å². The third-order valence-corrected chi connectivity index (χ3v) is 4.96. The van der Waals surface area contributed by atoms with Gasteiger partial charge in [-0.3, -0.25) is 4.79 Å². The highest BCUT2D eigenvalue weighted by Gasteiger charge is 2.26. The largest absolute Gasteiger partial charge is 0.449 e. The summed E-state index contributed by atoms with van der Waals surface area (Å²) in [6.07, 6.45) is 0.505. The molecule has 1 aromatic heterocycles. The molecule has 1 atom stereocenters.